The maximum Gasteiger partial charge on any atom is 0.258 e. The fourth-order valence-corrected chi connectivity index (χ4v) is 3.66. The lowest BCUT2D eigenvalue weighted by Gasteiger charge is -2.07. The molecule has 3 heterocycles. The predicted molar refractivity (Wildman–Crippen MR) is 117 cm³/mol. The van der Waals surface area contributed by atoms with E-state index in [1.54, 1.807) is 19.4 Å². The lowest BCUT2D eigenvalue weighted by atomic mass is 10.2. The summed E-state index contributed by atoms with van der Waals surface area (Å²) < 4.78 is 10.8. The Bertz CT molecular complexity index is 1180. The van der Waals surface area contributed by atoms with Gasteiger partial charge < -0.3 is 19.8 Å². The smallest absolute Gasteiger partial charge is 0.258 e. The van der Waals surface area contributed by atoms with Gasteiger partial charge in [-0.15, -0.1) is 11.3 Å². The molecule has 4 rings (SSSR count). The number of pyridine rings is 1. The maximum atomic E-state index is 12.6. The molecule has 0 saturated carbocycles. The first kappa shape index (κ1) is 20.1. The summed E-state index contributed by atoms with van der Waals surface area (Å²) in [7, 11) is 1.65. The Kier molecular flexibility index (Phi) is 6.43. The zero-order valence-electron chi connectivity index (χ0n) is 16.4. The van der Waals surface area contributed by atoms with E-state index in [-0.39, 0.29) is 12.2 Å². The van der Waals surface area contributed by atoms with Gasteiger partial charge in [-0.05, 0) is 11.6 Å². The van der Waals surface area contributed by atoms with E-state index in [1.807, 2.05) is 35.7 Å². The lowest BCUT2D eigenvalue weighted by molar-refractivity contribution is 0.102. The summed E-state index contributed by atoms with van der Waals surface area (Å²) in [6.45, 7) is 1.87. The average Bonchev–Trinajstić information content (AvgIpc) is 3.23. The van der Waals surface area contributed by atoms with Crippen molar-refractivity contribution in [3.63, 3.8) is 0 Å². The highest BCUT2D eigenvalue weighted by atomic mass is 32.1. The Balaban J connectivity index is 1.57. The number of benzene rings is 1. The van der Waals surface area contributed by atoms with Gasteiger partial charge >= 0.3 is 0 Å². The third-order valence-electron chi connectivity index (χ3n) is 4.35. The zero-order valence-corrected chi connectivity index (χ0v) is 17.2. The molecule has 2 N–H and O–H groups in total. The minimum atomic E-state index is -0.226. The quantitative estimate of drug-likeness (QED) is 0.399. The SMILES string of the molecule is COCCNc1nc(-c2nccc3c(=O)[nH]c(COCc4ccccc4)nc23)cs1. The van der Waals surface area contributed by atoms with Crippen LogP contribution in [0.15, 0.2) is 52.8 Å². The van der Waals surface area contributed by atoms with Crippen LogP contribution in [0.25, 0.3) is 22.3 Å². The van der Waals surface area contributed by atoms with Gasteiger partial charge in [-0.2, -0.15) is 0 Å². The van der Waals surface area contributed by atoms with Crippen molar-refractivity contribution in [1.82, 2.24) is 19.9 Å². The molecule has 0 bridgehead atoms. The second kappa shape index (κ2) is 9.57. The third-order valence-corrected chi connectivity index (χ3v) is 5.15. The summed E-state index contributed by atoms with van der Waals surface area (Å²) in [5.74, 6) is 0.450. The third kappa shape index (κ3) is 4.70. The van der Waals surface area contributed by atoms with Crippen molar-refractivity contribution in [2.75, 3.05) is 25.6 Å². The average molecular weight is 423 g/mol. The van der Waals surface area contributed by atoms with Crippen LogP contribution in [-0.2, 0) is 22.7 Å². The lowest BCUT2D eigenvalue weighted by Crippen LogP contribution is -2.13. The largest absolute Gasteiger partial charge is 0.383 e. The molecular formula is C21H21N5O3S. The molecule has 0 aliphatic carbocycles. The van der Waals surface area contributed by atoms with E-state index in [4.69, 9.17) is 9.47 Å². The van der Waals surface area contributed by atoms with Crippen molar-refractivity contribution in [2.24, 2.45) is 0 Å². The van der Waals surface area contributed by atoms with Gasteiger partial charge in [0.1, 0.15) is 29.3 Å². The molecule has 1 aromatic carbocycles. The summed E-state index contributed by atoms with van der Waals surface area (Å²) in [6, 6.07) is 11.5. The number of nitrogens with one attached hydrogen (secondary N) is 2. The minimum Gasteiger partial charge on any atom is -0.383 e. The highest BCUT2D eigenvalue weighted by Gasteiger charge is 2.14. The Morgan fingerprint density at radius 2 is 2.00 bits per heavy atom. The van der Waals surface area contributed by atoms with Crippen LogP contribution >= 0.6 is 11.3 Å². The molecule has 0 aliphatic rings. The number of anilines is 1. The molecule has 0 amide bonds. The molecule has 0 atom stereocenters. The summed E-state index contributed by atoms with van der Waals surface area (Å²) in [5.41, 5.74) is 2.57. The molecule has 9 heteroatoms. The maximum absolute atomic E-state index is 12.6. The van der Waals surface area contributed by atoms with Crippen LogP contribution in [0.4, 0.5) is 5.13 Å². The van der Waals surface area contributed by atoms with Crippen molar-refractivity contribution in [2.45, 2.75) is 13.2 Å². The number of hydrogen-bond acceptors (Lipinski definition) is 8. The topological polar surface area (TPSA) is 102 Å². The molecule has 0 radical (unpaired) electrons. The van der Waals surface area contributed by atoms with Crippen molar-refractivity contribution in [3.8, 4) is 11.4 Å². The number of aromatic nitrogens is 4. The number of hydrogen-bond donors (Lipinski definition) is 2. The number of fused-ring (bicyclic) bond motifs is 1. The zero-order chi connectivity index (χ0) is 20.8. The molecular weight excluding hydrogens is 402 g/mol. The van der Waals surface area contributed by atoms with E-state index < -0.39 is 0 Å². The molecule has 0 fully saturated rings. The first-order valence-electron chi connectivity index (χ1n) is 9.43. The van der Waals surface area contributed by atoms with Gasteiger partial charge in [0.15, 0.2) is 5.13 Å². The summed E-state index contributed by atoms with van der Waals surface area (Å²) in [6.07, 6.45) is 1.59. The standard InChI is InChI=1S/C21H21N5O3S/c1-28-10-9-23-21-24-16(13-30-21)19-18-15(7-8-22-19)20(27)26-17(25-18)12-29-11-14-5-3-2-4-6-14/h2-8,13H,9-12H2,1H3,(H,23,24)(H,25,26,27). The van der Waals surface area contributed by atoms with Crippen molar-refractivity contribution in [1.29, 1.82) is 0 Å². The van der Waals surface area contributed by atoms with Crippen molar-refractivity contribution >= 4 is 27.4 Å². The minimum absolute atomic E-state index is 0.190. The van der Waals surface area contributed by atoms with Crippen LogP contribution in [0.2, 0.25) is 0 Å². The number of H-pyrrole nitrogens is 1. The van der Waals surface area contributed by atoms with Gasteiger partial charge in [0.25, 0.3) is 5.56 Å². The van der Waals surface area contributed by atoms with Crippen LogP contribution in [0, 0.1) is 0 Å². The Morgan fingerprint density at radius 1 is 1.13 bits per heavy atom. The summed E-state index contributed by atoms with van der Waals surface area (Å²) in [5, 5.41) is 6.32. The molecule has 3 aromatic heterocycles. The fourth-order valence-electron chi connectivity index (χ4n) is 2.93. The van der Waals surface area contributed by atoms with E-state index in [0.29, 0.717) is 47.9 Å². The van der Waals surface area contributed by atoms with Gasteiger partial charge in [-0.25, -0.2) is 9.97 Å². The second-order valence-corrected chi connectivity index (χ2v) is 7.36. The Labute approximate surface area is 177 Å². The molecule has 4 aromatic rings. The van der Waals surface area contributed by atoms with Gasteiger partial charge in [-0.1, -0.05) is 30.3 Å². The molecule has 8 nitrogen and oxygen atoms in total. The van der Waals surface area contributed by atoms with Crippen LogP contribution < -0.4 is 10.9 Å². The Morgan fingerprint density at radius 3 is 2.83 bits per heavy atom. The predicted octanol–water partition coefficient (Wildman–Crippen LogP) is 3.22. The number of nitrogens with zero attached hydrogens (tertiary/aromatic N) is 3. The number of ether oxygens (including phenoxy) is 2. The van der Waals surface area contributed by atoms with Gasteiger partial charge in [0.2, 0.25) is 0 Å². The van der Waals surface area contributed by atoms with E-state index in [9.17, 15) is 4.79 Å². The van der Waals surface area contributed by atoms with E-state index in [2.05, 4.69) is 25.3 Å². The first-order valence-corrected chi connectivity index (χ1v) is 10.3. The van der Waals surface area contributed by atoms with Crippen molar-refractivity contribution < 1.29 is 9.47 Å². The molecule has 0 unspecified atom stereocenters. The van der Waals surface area contributed by atoms with Gasteiger partial charge in [0, 0.05) is 25.2 Å². The van der Waals surface area contributed by atoms with Crippen LogP contribution in [0.1, 0.15) is 11.4 Å². The normalized spacial score (nSPS) is 11.1. The molecule has 0 spiro atoms. The number of thiazole rings is 1. The first-order chi connectivity index (χ1) is 14.7. The monoisotopic (exact) mass is 423 g/mol. The molecule has 0 saturated heterocycles. The van der Waals surface area contributed by atoms with Crippen LogP contribution in [-0.4, -0.2) is 40.2 Å². The molecule has 154 valence electrons. The summed E-state index contributed by atoms with van der Waals surface area (Å²) in [4.78, 5) is 29.0. The van der Waals surface area contributed by atoms with Crippen molar-refractivity contribution in [3.05, 3.63) is 69.7 Å². The number of methoxy groups -OCH3 is 1. The second-order valence-electron chi connectivity index (χ2n) is 6.50. The number of rotatable bonds is 9. The highest BCUT2D eigenvalue weighted by molar-refractivity contribution is 7.14. The van der Waals surface area contributed by atoms with Crippen LogP contribution in [0.3, 0.4) is 0 Å². The van der Waals surface area contributed by atoms with E-state index >= 15 is 0 Å². The molecule has 0 aliphatic heterocycles. The number of aromatic amines is 1. The molecule has 30 heavy (non-hydrogen) atoms. The van der Waals surface area contributed by atoms with Gasteiger partial charge in [-0.3, -0.25) is 9.78 Å². The Hall–Kier alpha value is -3.14. The highest BCUT2D eigenvalue weighted by Crippen LogP contribution is 2.27. The van der Waals surface area contributed by atoms with Gasteiger partial charge in [0.05, 0.1) is 18.6 Å². The fraction of sp³-hybridized carbons (Fsp3) is 0.238. The summed E-state index contributed by atoms with van der Waals surface area (Å²) >= 11 is 1.47. The van der Waals surface area contributed by atoms with E-state index in [0.717, 1.165) is 10.7 Å². The van der Waals surface area contributed by atoms with E-state index in [1.165, 1.54) is 11.3 Å². The van der Waals surface area contributed by atoms with Crippen LogP contribution in [0.5, 0.6) is 0 Å².